The van der Waals surface area contributed by atoms with Crippen LogP contribution in [0.5, 0.6) is 0 Å². The van der Waals surface area contributed by atoms with Crippen molar-refractivity contribution < 1.29 is 4.74 Å². The Morgan fingerprint density at radius 1 is 1.19 bits per heavy atom. The Hall–Kier alpha value is -1.38. The molecule has 0 spiro atoms. The molecule has 0 fully saturated rings. The monoisotopic (exact) mass is 285 g/mol. The Bertz CT molecular complexity index is 518. The molecule has 21 heavy (non-hydrogen) atoms. The third kappa shape index (κ3) is 3.63. The lowest BCUT2D eigenvalue weighted by molar-refractivity contribution is -0.0444. The van der Waals surface area contributed by atoms with Gasteiger partial charge in [0, 0.05) is 5.92 Å². The van der Waals surface area contributed by atoms with Crippen molar-refractivity contribution in [1.29, 1.82) is 0 Å². The summed E-state index contributed by atoms with van der Waals surface area (Å²) >= 11 is 0. The second-order valence-corrected chi connectivity index (χ2v) is 6.09. The second-order valence-electron chi connectivity index (χ2n) is 6.09. The molecule has 2 nitrogen and oxygen atoms in total. The van der Waals surface area contributed by atoms with E-state index in [-0.39, 0.29) is 5.60 Å². The molecule has 2 rings (SSSR count). The summed E-state index contributed by atoms with van der Waals surface area (Å²) in [4.78, 5) is 0. The molecule has 1 aliphatic carbocycles. The van der Waals surface area contributed by atoms with Crippen molar-refractivity contribution in [2.24, 2.45) is 11.7 Å². The molecular weight excluding hydrogens is 258 g/mol. The Morgan fingerprint density at radius 2 is 1.90 bits per heavy atom. The van der Waals surface area contributed by atoms with Gasteiger partial charge in [-0.3, -0.25) is 0 Å². The van der Waals surface area contributed by atoms with E-state index in [0.717, 1.165) is 19.4 Å². The van der Waals surface area contributed by atoms with E-state index in [1.165, 1.54) is 16.7 Å². The molecule has 0 bridgehead atoms. The molecular formula is C19H27NO. The van der Waals surface area contributed by atoms with E-state index in [9.17, 15) is 0 Å². The van der Waals surface area contributed by atoms with Crippen LogP contribution in [0.4, 0.5) is 0 Å². The minimum absolute atomic E-state index is 0.228. The lowest BCUT2D eigenvalue weighted by Gasteiger charge is -2.40. The minimum atomic E-state index is -0.228. The van der Waals surface area contributed by atoms with Crippen LogP contribution < -0.4 is 5.73 Å². The van der Waals surface area contributed by atoms with Gasteiger partial charge in [-0.15, -0.1) is 0 Å². The maximum absolute atomic E-state index is 6.35. The Balaban J connectivity index is 2.09. The van der Waals surface area contributed by atoms with Crippen molar-refractivity contribution in [3.05, 3.63) is 59.2 Å². The van der Waals surface area contributed by atoms with Gasteiger partial charge >= 0.3 is 0 Å². The van der Waals surface area contributed by atoms with Gasteiger partial charge in [0.15, 0.2) is 0 Å². The van der Waals surface area contributed by atoms with Crippen molar-refractivity contribution >= 4 is 0 Å². The van der Waals surface area contributed by atoms with Crippen LogP contribution >= 0.6 is 0 Å². The lowest BCUT2D eigenvalue weighted by atomic mass is 9.74. The van der Waals surface area contributed by atoms with Crippen LogP contribution in [0, 0.1) is 5.92 Å². The number of hydrogen-bond acceptors (Lipinski definition) is 2. The van der Waals surface area contributed by atoms with E-state index in [4.69, 9.17) is 10.5 Å². The standard InChI is InChI=1S/C19H27NO/c1-15-11-12-18(10-7-13-20)16(2)19(15,3)21-14-17-8-5-4-6-9-17/h4-6,8-9,11-12,16H,7,10,13-14,20H2,1-3H3. The van der Waals surface area contributed by atoms with Crippen molar-refractivity contribution in [2.45, 2.75) is 45.8 Å². The summed E-state index contributed by atoms with van der Waals surface area (Å²) in [7, 11) is 0. The van der Waals surface area contributed by atoms with Crippen LogP contribution in [0.2, 0.25) is 0 Å². The van der Waals surface area contributed by atoms with E-state index in [1.54, 1.807) is 0 Å². The maximum Gasteiger partial charge on any atom is 0.0930 e. The third-order valence-corrected chi connectivity index (χ3v) is 4.76. The summed E-state index contributed by atoms with van der Waals surface area (Å²) in [5.74, 6) is 0.387. The highest BCUT2D eigenvalue weighted by Gasteiger charge is 2.37. The van der Waals surface area contributed by atoms with Crippen LogP contribution in [-0.2, 0) is 11.3 Å². The molecule has 0 aromatic heterocycles. The first-order valence-corrected chi connectivity index (χ1v) is 7.83. The molecule has 2 heteroatoms. The predicted molar refractivity (Wildman–Crippen MR) is 88.9 cm³/mol. The molecule has 0 amide bonds. The quantitative estimate of drug-likeness (QED) is 0.849. The first-order chi connectivity index (χ1) is 10.1. The highest BCUT2D eigenvalue weighted by Crippen LogP contribution is 2.39. The molecule has 2 unspecified atom stereocenters. The highest BCUT2D eigenvalue weighted by molar-refractivity contribution is 5.34. The lowest BCUT2D eigenvalue weighted by Crippen LogP contribution is -2.40. The van der Waals surface area contributed by atoms with Gasteiger partial charge in [-0.2, -0.15) is 0 Å². The van der Waals surface area contributed by atoms with Crippen molar-refractivity contribution in [1.82, 2.24) is 0 Å². The fraction of sp³-hybridized carbons (Fsp3) is 0.474. The number of nitrogens with two attached hydrogens (primary N) is 1. The first kappa shape index (κ1) is 16.0. The van der Waals surface area contributed by atoms with Crippen LogP contribution in [0.15, 0.2) is 53.6 Å². The summed E-state index contributed by atoms with van der Waals surface area (Å²) in [6, 6.07) is 10.4. The fourth-order valence-electron chi connectivity index (χ4n) is 2.89. The third-order valence-electron chi connectivity index (χ3n) is 4.76. The van der Waals surface area contributed by atoms with Gasteiger partial charge < -0.3 is 10.5 Å². The zero-order valence-corrected chi connectivity index (χ0v) is 13.4. The average Bonchev–Trinajstić information content (AvgIpc) is 2.51. The van der Waals surface area contributed by atoms with Crippen LogP contribution in [0.1, 0.15) is 39.2 Å². The van der Waals surface area contributed by atoms with Gasteiger partial charge in [-0.25, -0.2) is 0 Å². The average molecular weight is 285 g/mol. The summed E-state index contributed by atoms with van der Waals surface area (Å²) < 4.78 is 6.35. The van der Waals surface area contributed by atoms with Crippen LogP contribution in [-0.4, -0.2) is 12.1 Å². The Labute approximate surface area is 128 Å². The first-order valence-electron chi connectivity index (χ1n) is 7.83. The number of benzene rings is 1. The van der Waals surface area contributed by atoms with E-state index < -0.39 is 0 Å². The molecule has 114 valence electrons. The fourth-order valence-corrected chi connectivity index (χ4v) is 2.89. The summed E-state index contributed by atoms with van der Waals surface area (Å²) in [5.41, 5.74) is 9.38. The van der Waals surface area contributed by atoms with Crippen molar-refractivity contribution in [2.75, 3.05) is 6.54 Å². The molecule has 0 radical (unpaired) electrons. The molecule has 1 aliphatic rings. The van der Waals surface area contributed by atoms with Crippen LogP contribution in [0.3, 0.4) is 0 Å². The second kappa shape index (κ2) is 7.06. The molecule has 0 aliphatic heterocycles. The molecule has 1 aromatic rings. The number of ether oxygens (including phenoxy) is 1. The SMILES string of the molecule is CC1=CC=C(CCCN)C(C)C1(C)OCc1ccccc1. The largest absolute Gasteiger partial charge is 0.366 e. The zero-order chi connectivity index (χ0) is 15.3. The number of rotatable bonds is 6. The Kier molecular flexibility index (Phi) is 5.38. The van der Waals surface area contributed by atoms with E-state index in [2.05, 4.69) is 57.2 Å². The molecule has 0 heterocycles. The normalized spacial score (nSPS) is 25.4. The van der Waals surface area contributed by atoms with Gasteiger partial charge in [0.2, 0.25) is 0 Å². The van der Waals surface area contributed by atoms with Crippen molar-refractivity contribution in [3.63, 3.8) is 0 Å². The Morgan fingerprint density at radius 3 is 2.57 bits per heavy atom. The van der Waals surface area contributed by atoms with Crippen LogP contribution in [0.25, 0.3) is 0 Å². The topological polar surface area (TPSA) is 35.2 Å². The number of allylic oxidation sites excluding steroid dienone is 2. The molecule has 2 N–H and O–H groups in total. The number of hydrogen-bond donors (Lipinski definition) is 1. The zero-order valence-electron chi connectivity index (χ0n) is 13.4. The summed E-state index contributed by atoms with van der Waals surface area (Å²) in [6.45, 7) is 8.04. The van der Waals surface area contributed by atoms with Gasteiger partial charge in [0.05, 0.1) is 12.2 Å². The summed E-state index contributed by atoms with van der Waals surface area (Å²) in [6.07, 6.45) is 6.56. The van der Waals surface area contributed by atoms with E-state index >= 15 is 0 Å². The molecule has 2 atom stereocenters. The van der Waals surface area contributed by atoms with E-state index in [1.807, 2.05) is 6.07 Å². The van der Waals surface area contributed by atoms with Gasteiger partial charge in [0.1, 0.15) is 0 Å². The minimum Gasteiger partial charge on any atom is -0.366 e. The molecule has 1 aromatic carbocycles. The van der Waals surface area contributed by atoms with E-state index in [0.29, 0.717) is 12.5 Å². The summed E-state index contributed by atoms with van der Waals surface area (Å²) in [5, 5.41) is 0. The van der Waals surface area contributed by atoms with Crippen molar-refractivity contribution in [3.8, 4) is 0 Å². The predicted octanol–water partition coefficient (Wildman–Crippen LogP) is 4.22. The van der Waals surface area contributed by atoms with Gasteiger partial charge in [-0.05, 0) is 44.4 Å². The maximum atomic E-state index is 6.35. The smallest absolute Gasteiger partial charge is 0.0930 e. The van der Waals surface area contributed by atoms with Gasteiger partial charge in [-0.1, -0.05) is 55.0 Å². The highest BCUT2D eigenvalue weighted by atomic mass is 16.5. The molecule has 0 saturated heterocycles. The molecule has 0 saturated carbocycles. The van der Waals surface area contributed by atoms with Gasteiger partial charge in [0.25, 0.3) is 0 Å².